The first-order valence-corrected chi connectivity index (χ1v) is 9.66. The number of halogens is 1. The molecule has 1 amide bonds. The highest BCUT2D eigenvalue weighted by Crippen LogP contribution is 2.37. The molecule has 5 rings (SSSR count). The Morgan fingerprint density at radius 1 is 1.25 bits per heavy atom. The van der Waals surface area contributed by atoms with E-state index in [1.54, 1.807) is 6.07 Å². The maximum absolute atomic E-state index is 14.1. The van der Waals surface area contributed by atoms with Crippen molar-refractivity contribution in [3.63, 3.8) is 0 Å². The van der Waals surface area contributed by atoms with Crippen molar-refractivity contribution >= 4 is 23.0 Å². The van der Waals surface area contributed by atoms with Crippen LogP contribution in [0.4, 0.5) is 15.0 Å². The molecule has 7 nitrogen and oxygen atoms in total. The lowest BCUT2D eigenvalue weighted by atomic mass is 9.98. The number of carbonyl (C=O) groups excluding carboxylic acids is 1. The molecule has 2 atom stereocenters. The summed E-state index contributed by atoms with van der Waals surface area (Å²) in [5.41, 5.74) is 3.02. The molecule has 1 saturated heterocycles. The largest absolute Gasteiger partial charge is 0.349 e. The fraction of sp³-hybridized carbons (Fsp3) is 0.400. The van der Waals surface area contributed by atoms with E-state index in [9.17, 15) is 9.18 Å². The van der Waals surface area contributed by atoms with Gasteiger partial charge in [-0.25, -0.2) is 23.7 Å². The number of hydrogen-bond acceptors (Lipinski definition) is 5. The van der Waals surface area contributed by atoms with Crippen molar-refractivity contribution in [1.29, 1.82) is 0 Å². The van der Waals surface area contributed by atoms with Gasteiger partial charge in [0.1, 0.15) is 23.5 Å². The van der Waals surface area contributed by atoms with E-state index in [-0.39, 0.29) is 23.9 Å². The Morgan fingerprint density at radius 2 is 2.14 bits per heavy atom. The van der Waals surface area contributed by atoms with Crippen LogP contribution in [-0.2, 0) is 6.42 Å². The lowest BCUT2D eigenvalue weighted by Gasteiger charge is -2.27. The quantitative estimate of drug-likeness (QED) is 0.648. The smallest absolute Gasteiger partial charge is 0.328 e. The molecule has 0 radical (unpaired) electrons. The van der Waals surface area contributed by atoms with Gasteiger partial charge in [-0.05, 0) is 56.4 Å². The van der Waals surface area contributed by atoms with Crippen molar-refractivity contribution in [2.75, 3.05) is 11.4 Å². The average Bonchev–Trinajstić information content (AvgIpc) is 3.32. The van der Waals surface area contributed by atoms with Gasteiger partial charge in [0.15, 0.2) is 5.65 Å². The zero-order valence-electron chi connectivity index (χ0n) is 15.6. The third-order valence-electron chi connectivity index (χ3n) is 5.66. The molecular formula is C20H21FN6O. The summed E-state index contributed by atoms with van der Waals surface area (Å²) in [5.74, 6) is 0.449. The van der Waals surface area contributed by atoms with E-state index in [1.165, 1.54) is 17.1 Å². The van der Waals surface area contributed by atoms with Crippen LogP contribution in [0, 0.1) is 5.82 Å². The lowest BCUT2D eigenvalue weighted by Crippen LogP contribution is -2.36. The zero-order chi connectivity index (χ0) is 19.3. The number of imidazole rings is 1. The number of pyridine rings is 2. The van der Waals surface area contributed by atoms with Crippen LogP contribution in [0.5, 0.6) is 0 Å². The number of fused-ring (bicyclic) bond motifs is 5. The number of aromatic nitrogens is 4. The zero-order valence-corrected chi connectivity index (χ0v) is 15.6. The Hall–Kier alpha value is -3.03. The van der Waals surface area contributed by atoms with E-state index in [1.807, 2.05) is 19.1 Å². The molecule has 2 aliphatic rings. The van der Waals surface area contributed by atoms with Gasteiger partial charge in [0, 0.05) is 18.3 Å². The molecule has 8 heteroatoms. The van der Waals surface area contributed by atoms with Crippen LogP contribution in [0.2, 0.25) is 0 Å². The topological polar surface area (TPSA) is 75.9 Å². The Bertz CT molecular complexity index is 1060. The van der Waals surface area contributed by atoms with Crippen molar-refractivity contribution < 1.29 is 9.18 Å². The summed E-state index contributed by atoms with van der Waals surface area (Å²) < 4.78 is 15.5. The van der Waals surface area contributed by atoms with Crippen LogP contribution < -0.4 is 10.2 Å². The molecule has 28 heavy (non-hydrogen) atoms. The Kier molecular flexibility index (Phi) is 3.99. The molecular weight excluding hydrogens is 359 g/mol. The Balaban J connectivity index is 1.69. The molecule has 144 valence electrons. The summed E-state index contributed by atoms with van der Waals surface area (Å²) in [6, 6.07) is 5.13. The van der Waals surface area contributed by atoms with Gasteiger partial charge < -0.3 is 10.2 Å². The summed E-state index contributed by atoms with van der Waals surface area (Å²) in [7, 11) is 0. The molecule has 0 spiro atoms. The van der Waals surface area contributed by atoms with Gasteiger partial charge in [0.25, 0.3) is 0 Å². The molecule has 0 aliphatic carbocycles. The van der Waals surface area contributed by atoms with Gasteiger partial charge in [-0.3, -0.25) is 4.98 Å². The summed E-state index contributed by atoms with van der Waals surface area (Å²) >= 11 is 0. The summed E-state index contributed by atoms with van der Waals surface area (Å²) in [6.07, 6.45) is 6.09. The van der Waals surface area contributed by atoms with Crippen molar-refractivity contribution in [2.45, 2.75) is 44.7 Å². The maximum Gasteiger partial charge on any atom is 0.328 e. The van der Waals surface area contributed by atoms with Crippen molar-refractivity contribution in [3.8, 4) is 0 Å². The molecule has 0 saturated carbocycles. The second-order valence-corrected chi connectivity index (χ2v) is 7.56. The summed E-state index contributed by atoms with van der Waals surface area (Å²) in [6.45, 7) is 2.79. The Morgan fingerprint density at radius 3 is 3.04 bits per heavy atom. The van der Waals surface area contributed by atoms with Gasteiger partial charge in [-0.2, -0.15) is 0 Å². The molecule has 1 N–H and O–H groups in total. The number of amides is 1. The van der Waals surface area contributed by atoms with Crippen LogP contribution in [-0.4, -0.2) is 38.1 Å². The van der Waals surface area contributed by atoms with E-state index in [4.69, 9.17) is 4.98 Å². The monoisotopic (exact) mass is 380 g/mol. The maximum atomic E-state index is 14.1. The Labute approximate surface area is 161 Å². The predicted octanol–water partition coefficient (Wildman–Crippen LogP) is 3.20. The van der Waals surface area contributed by atoms with E-state index >= 15 is 0 Å². The first kappa shape index (κ1) is 17.1. The fourth-order valence-electron chi connectivity index (χ4n) is 4.24. The van der Waals surface area contributed by atoms with Crippen molar-refractivity contribution in [1.82, 2.24) is 24.8 Å². The normalized spacial score (nSPS) is 22.2. The van der Waals surface area contributed by atoms with Gasteiger partial charge >= 0.3 is 6.03 Å². The molecule has 0 aromatic carbocycles. The fourth-order valence-corrected chi connectivity index (χ4v) is 4.24. The minimum atomic E-state index is -0.322. The van der Waals surface area contributed by atoms with E-state index in [2.05, 4.69) is 20.2 Å². The number of aryl methyl sites for hydroxylation is 1. The molecule has 0 unspecified atom stereocenters. The number of carbonyl (C=O) groups is 1. The second kappa shape index (κ2) is 6.54. The molecule has 2 bridgehead atoms. The third-order valence-corrected chi connectivity index (χ3v) is 5.66. The molecule has 3 aromatic heterocycles. The first-order chi connectivity index (χ1) is 13.6. The third kappa shape index (κ3) is 2.80. The first-order valence-electron chi connectivity index (χ1n) is 9.66. The molecule has 3 aromatic rings. The van der Waals surface area contributed by atoms with Gasteiger partial charge in [0.05, 0.1) is 12.2 Å². The minimum absolute atomic E-state index is 0.0271. The predicted molar refractivity (Wildman–Crippen MR) is 103 cm³/mol. The van der Waals surface area contributed by atoms with E-state index in [0.717, 1.165) is 36.5 Å². The molecule has 1 fully saturated rings. The van der Waals surface area contributed by atoms with Gasteiger partial charge in [-0.15, -0.1) is 0 Å². The van der Waals surface area contributed by atoms with E-state index < -0.39 is 0 Å². The molecule has 2 aliphatic heterocycles. The highest BCUT2D eigenvalue weighted by Gasteiger charge is 2.30. The standard InChI is InChI=1S/C20H21FN6O/c1-12-4-5-15-14(9-13(21)10-22-15)17-3-2-8-26(17)18-7-6-16-19(25-18)27(11-23-16)20(28)24-12/h6-7,9-12,17H,2-5,8H2,1H3,(H,24,28)/t12-,17-/m1/s1. The van der Waals surface area contributed by atoms with Crippen LogP contribution in [0.1, 0.15) is 43.5 Å². The van der Waals surface area contributed by atoms with Crippen LogP contribution in [0.25, 0.3) is 11.2 Å². The number of rotatable bonds is 0. The van der Waals surface area contributed by atoms with Gasteiger partial charge in [-0.1, -0.05) is 0 Å². The minimum Gasteiger partial charge on any atom is -0.349 e. The second-order valence-electron chi connectivity index (χ2n) is 7.56. The van der Waals surface area contributed by atoms with Crippen molar-refractivity contribution in [2.24, 2.45) is 0 Å². The number of nitrogens with one attached hydrogen (secondary N) is 1. The highest BCUT2D eigenvalue weighted by atomic mass is 19.1. The summed E-state index contributed by atoms with van der Waals surface area (Å²) in [4.78, 5) is 28.3. The summed E-state index contributed by atoms with van der Waals surface area (Å²) in [5, 5.41) is 2.99. The van der Waals surface area contributed by atoms with Crippen LogP contribution in [0.15, 0.2) is 30.7 Å². The lowest BCUT2D eigenvalue weighted by molar-refractivity contribution is 0.239. The number of anilines is 1. The average molecular weight is 380 g/mol. The van der Waals surface area contributed by atoms with E-state index in [0.29, 0.717) is 24.0 Å². The SMILES string of the molecule is C[C@@H]1CCc2ncc(F)cc2[C@H]2CCCN2c2ccc3ncn(c3n2)C(=O)N1. The van der Waals surface area contributed by atoms with Crippen LogP contribution in [0.3, 0.4) is 0 Å². The van der Waals surface area contributed by atoms with Crippen molar-refractivity contribution in [3.05, 3.63) is 47.8 Å². The number of hydrogen-bond donors (Lipinski definition) is 1. The molecule has 5 heterocycles. The number of nitrogens with zero attached hydrogens (tertiary/aromatic N) is 5. The highest BCUT2D eigenvalue weighted by molar-refractivity contribution is 5.87. The van der Waals surface area contributed by atoms with Gasteiger partial charge in [0.2, 0.25) is 0 Å². The van der Waals surface area contributed by atoms with Crippen LogP contribution >= 0.6 is 0 Å².